The van der Waals surface area contributed by atoms with Gasteiger partial charge in [0, 0.05) is 6.61 Å². The second kappa shape index (κ2) is 9.50. The van der Waals surface area contributed by atoms with Crippen LogP contribution in [-0.2, 0) is 4.74 Å². The van der Waals surface area contributed by atoms with E-state index in [-0.39, 0.29) is 6.42 Å². The molecule has 0 aliphatic carbocycles. The molecule has 128 valence electrons. The third kappa shape index (κ3) is 10.8. The Morgan fingerprint density at radius 2 is 1.38 bits per heavy atom. The third-order valence-corrected chi connectivity index (χ3v) is 2.68. The highest BCUT2D eigenvalue weighted by atomic mass is 19.4. The van der Waals surface area contributed by atoms with E-state index in [1.54, 1.807) is 0 Å². The molecule has 0 aliphatic rings. The predicted octanol–water partition coefficient (Wildman–Crippen LogP) is 4.30. The van der Waals surface area contributed by atoms with Gasteiger partial charge in [0.1, 0.15) is 0 Å². The molecule has 0 aliphatic heterocycles. The zero-order valence-corrected chi connectivity index (χ0v) is 12.3. The number of ether oxygens (including phenoxy) is 1. The van der Waals surface area contributed by atoms with Crippen molar-refractivity contribution >= 4 is 0 Å². The number of halogens is 6. The Morgan fingerprint density at radius 1 is 0.857 bits per heavy atom. The Morgan fingerprint density at radius 3 is 1.86 bits per heavy atom. The molecule has 0 fully saturated rings. The normalized spacial score (nSPS) is 13.4. The number of nitrogens with one attached hydrogen (secondary N) is 1. The molecule has 2 nitrogen and oxygen atoms in total. The monoisotopic (exact) mass is 323 g/mol. The molecule has 0 rings (SSSR count). The summed E-state index contributed by atoms with van der Waals surface area (Å²) >= 11 is 0. The smallest absolute Gasteiger partial charge is 0.361 e. The number of hydrogen-bond acceptors (Lipinski definition) is 2. The van der Waals surface area contributed by atoms with Crippen LogP contribution in [0.5, 0.6) is 0 Å². The summed E-state index contributed by atoms with van der Waals surface area (Å²) in [7, 11) is 0. The summed E-state index contributed by atoms with van der Waals surface area (Å²) in [4.78, 5) is 0. The fourth-order valence-electron chi connectivity index (χ4n) is 1.67. The molecular formula is C13H23F6NO. The molecule has 0 radical (unpaired) electrons. The molecule has 0 aromatic carbocycles. The molecule has 0 amide bonds. The Labute approximate surface area is 121 Å². The largest absolute Gasteiger partial charge is 0.423 e. The minimum absolute atomic E-state index is 0.187. The first-order valence-electron chi connectivity index (χ1n) is 7.01. The molecule has 0 atom stereocenters. The first-order valence-corrected chi connectivity index (χ1v) is 7.01. The van der Waals surface area contributed by atoms with E-state index in [0.29, 0.717) is 12.3 Å². The molecule has 0 bridgehead atoms. The number of unbranched alkanes of at least 4 members (excludes halogenated alkanes) is 3. The average Bonchev–Trinajstić information content (AvgIpc) is 2.27. The van der Waals surface area contributed by atoms with Gasteiger partial charge in [0.2, 0.25) is 6.10 Å². The van der Waals surface area contributed by atoms with E-state index in [1.165, 1.54) is 0 Å². The molecule has 0 unspecified atom stereocenters. The summed E-state index contributed by atoms with van der Waals surface area (Å²) in [6.07, 6.45) is -12.2. The molecule has 0 spiro atoms. The Kier molecular flexibility index (Phi) is 9.28. The molecule has 0 saturated carbocycles. The highest BCUT2D eigenvalue weighted by Gasteiger charge is 2.57. The predicted molar refractivity (Wildman–Crippen MR) is 68.0 cm³/mol. The summed E-state index contributed by atoms with van der Waals surface area (Å²) in [5, 5.41) is 3.20. The van der Waals surface area contributed by atoms with E-state index >= 15 is 0 Å². The van der Waals surface area contributed by atoms with Crippen molar-refractivity contribution in [2.75, 3.05) is 19.7 Å². The molecule has 1 N–H and O–H groups in total. The Hall–Kier alpha value is -0.500. The summed E-state index contributed by atoms with van der Waals surface area (Å²) in [6, 6.07) is 0. The van der Waals surface area contributed by atoms with E-state index in [9.17, 15) is 26.3 Å². The van der Waals surface area contributed by atoms with E-state index in [1.807, 2.05) is 0 Å². The molecule has 8 heteroatoms. The van der Waals surface area contributed by atoms with Gasteiger partial charge in [-0.05, 0) is 31.8 Å². The van der Waals surface area contributed by atoms with E-state index in [2.05, 4.69) is 23.9 Å². The van der Waals surface area contributed by atoms with Gasteiger partial charge < -0.3 is 10.1 Å². The van der Waals surface area contributed by atoms with Gasteiger partial charge in [-0.25, -0.2) is 0 Å². The fraction of sp³-hybridized carbons (Fsp3) is 1.00. The zero-order valence-electron chi connectivity index (χ0n) is 12.3. The van der Waals surface area contributed by atoms with Crippen molar-refractivity contribution in [3.8, 4) is 0 Å². The molecular weight excluding hydrogens is 300 g/mol. The molecule has 0 aromatic heterocycles. The fourth-order valence-corrected chi connectivity index (χ4v) is 1.67. The maximum absolute atomic E-state index is 12.1. The van der Waals surface area contributed by atoms with Gasteiger partial charge in [0.05, 0.1) is 0 Å². The van der Waals surface area contributed by atoms with Crippen molar-refractivity contribution in [3.63, 3.8) is 0 Å². The van der Waals surface area contributed by atoms with Crippen LogP contribution >= 0.6 is 0 Å². The molecule has 0 saturated heterocycles. The van der Waals surface area contributed by atoms with Gasteiger partial charge in [-0.3, -0.25) is 0 Å². The first kappa shape index (κ1) is 20.5. The first-order chi connectivity index (χ1) is 9.55. The molecule has 0 aromatic rings. The van der Waals surface area contributed by atoms with Gasteiger partial charge in [0.15, 0.2) is 0 Å². The van der Waals surface area contributed by atoms with Crippen LogP contribution in [0.2, 0.25) is 0 Å². The molecule has 0 heterocycles. The lowest BCUT2D eigenvalue weighted by molar-refractivity contribution is -0.321. The summed E-state index contributed by atoms with van der Waals surface area (Å²) in [6.45, 7) is 5.29. The van der Waals surface area contributed by atoms with Crippen molar-refractivity contribution in [1.29, 1.82) is 0 Å². The lowest BCUT2D eigenvalue weighted by Crippen LogP contribution is -2.44. The summed E-state index contributed by atoms with van der Waals surface area (Å²) < 4.78 is 76.8. The Balaban J connectivity index is 3.69. The van der Waals surface area contributed by atoms with Gasteiger partial charge in [-0.15, -0.1) is 0 Å². The zero-order chi connectivity index (χ0) is 16.5. The minimum atomic E-state index is -5.42. The standard InChI is InChI=1S/C13H23F6NO/c1-10(2)9-20-7-5-3-4-6-8-21-11(12(14,15)16)13(17,18)19/h10-11,20H,3-9H2,1-2H3. The van der Waals surface area contributed by atoms with Crippen molar-refractivity contribution in [3.05, 3.63) is 0 Å². The second-order valence-corrected chi connectivity index (χ2v) is 5.35. The van der Waals surface area contributed by atoms with Crippen LogP contribution in [0.1, 0.15) is 39.5 Å². The quantitative estimate of drug-likeness (QED) is 0.478. The molecule has 21 heavy (non-hydrogen) atoms. The van der Waals surface area contributed by atoms with E-state index in [4.69, 9.17) is 0 Å². The highest BCUT2D eigenvalue weighted by Crippen LogP contribution is 2.35. The van der Waals surface area contributed by atoms with Crippen molar-refractivity contribution in [2.45, 2.75) is 58.0 Å². The van der Waals surface area contributed by atoms with Gasteiger partial charge in [0.25, 0.3) is 0 Å². The van der Waals surface area contributed by atoms with Crippen LogP contribution in [-0.4, -0.2) is 38.2 Å². The van der Waals surface area contributed by atoms with E-state index in [0.717, 1.165) is 25.9 Å². The number of hydrogen-bond donors (Lipinski definition) is 1. The summed E-state index contributed by atoms with van der Waals surface area (Å²) in [5.74, 6) is 0.542. The lowest BCUT2D eigenvalue weighted by Gasteiger charge is -2.23. The van der Waals surface area contributed by atoms with E-state index < -0.39 is 25.1 Å². The lowest BCUT2D eigenvalue weighted by atomic mass is 10.2. The van der Waals surface area contributed by atoms with Crippen LogP contribution in [0.25, 0.3) is 0 Å². The highest BCUT2D eigenvalue weighted by molar-refractivity contribution is 4.75. The van der Waals surface area contributed by atoms with Crippen LogP contribution in [0.15, 0.2) is 0 Å². The summed E-state index contributed by atoms with van der Waals surface area (Å²) in [5.41, 5.74) is 0. The third-order valence-electron chi connectivity index (χ3n) is 2.68. The average molecular weight is 323 g/mol. The van der Waals surface area contributed by atoms with Crippen LogP contribution in [0.4, 0.5) is 26.3 Å². The topological polar surface area (TPSA) is 21.3 Å². The number of alkyl halides is 6. The van der Waals surface area contributed by atoms with Crippen LogP contribution in [0.3, 0.4) is 0 Å². The second-order valence-electron chi connectivity index (χ2n) is 5.35. The maximum atomic E-state index is 12.1. The minimum Gasteiger partial charge on any atom is -0.361 e. The van der Waals surface area contributed by atoms with Crippen molar-refractivity contribution in [1.82, 2.24) is 5.32 Å². The van der Waals surface area contributed by atoms with Crippen molar-refractivity contribution < 1.29 is 31.1 Å². The number of rotatable bonds is 10. The van der Waals surface area contributed by atoms with Gasteiger partial charge in [-0.1, -0.05) is 26.7 Å². The van der Waals surface area contributed by atoms with Gasteiger partial charge >= 0.3 is 12.4 Å². The maximum Gasteiger partial charge on any atom is 0.423 e. The van der Waals surface area contributed by atoms with Gasteiger partial charge in [-0.2, -0.15) is 26.3 Å². The SMILES string of the molecule is CC(C)CNCCCCCCOC(C(F)(F)F)C(F)(F)F. The Bertz CT molecular complexity index is 250. The van der Waals surface area contributed by atoms with Crippen LogP contribution in [0, 0.1) is 5.92 Å². The van der Waals surface area contributed by atoms with Crippen LogP contribution < -0.4 is 5.32 Å². The van der Waals surface area contributed by atoms with Crippen molar-refractivity contribution in [2.24, 2.45) is 5.92 Å².